The first kappa shape index (κ1) is 25.9. The number of para-hydroxylation sites is 2. The lowest BCUT2D eigenvalue weighted by Gasteiger charge is -2.26. The Bertz CT molecular complexity index is 1860. The number of rotatable bonds is 7. The Kier molecular flexibility index (Phi) is 7.05. The third-order valence-electron chi connectivity index (χ3n) is 7.49. The number of hydrogen-bond donors (Lipinski definition) is 2. The lowest BCUT2D eigenvalue weighted by molar-refractivity contribution is 0.0342. The van der Waals surface area contributed by atoms with E-state index in [0.29, 0.717) is 17.1 Å². The lowest BCUT2D eigenvalue weighted by atomic mass is 10.1. The largest absolute Gasteiger partial charge is 0.455 e. The Labute approximate surface area is 243 Å². The normalized spacial score (nSPS) is 13.8. The molecule has 0 bridgehead atoms. The zero-order chi connectivity index (χ0) is 28.3. The van der Waals surface area contributed by atoms with E-state index < -0.39 is 0 Å². The number of aromatic nitrogens is 2. The van der Waals surface area contributed by atoms with Crippen LogP contribution in [0.15, 0.2) is 108 Å². The van der Waals surface area contributed by atoms with Gasteiger partial charge in [-0.3, -0.25) is 9.69 Å². The van der Waals surface area contributed by atoms with Crippen LogP contribution in [-0.4, -0.2) is 47.1 Å². The second kappa shape index (κ2) is 11.4. The van der Waals surface area contributed by atoms with Crippen LogP contribution in [0.4, 0.5) is 17.2 Å². The molecule has 0 unspecified atom stereocenters. The van der Waals surface area contributed by atoms with E-state index in [4.69, 9.17) is 9.15 Å². The van der Waals surface area contributed by atoms with Crippen LogP contribution in [-0.2, 0) is 11.3 Å². The van der Waals surface area contributed by atoms with Crippen molar-refractivity contribution in [3.8, 4) is 11.3 Å². The van der Waals surface area contributed by atoms with Gasteiger partial charge in [0.15, 0.2) is 0 Å². The van der Waals surface area contributed by atoms with Crippen LogP contribution in [0.1, 0.15) is 15.9 Å². The monoisotopic (exact) mass is 555 g/mol. The van der Waals surface area contributed by atoms with E-state index in [1.54, 1.807) is 6.33 Å². The highest BCUT2D eigenvalue weighted by Gasteiger charge is 2.14. The number of carbonyl (C=O) groups excluding carboxylic acids is 1. The van der Waals surface area contributed by atoms with Gasteiger partial charge in [0.1, 0.15) is 23.3 Å². The number of benzene rings is 4. The molecule has 0 radical (unpaired) electrons. The summed E-state index contributed by atoms with van der Waals surface area (Å²) >= 11 is 0. The summed E-state index contributed by atoms with van der Waals surface area (Å²) in [7, 11) is 0. The fraction of sp³-hybridized carbons (Fsp3) is 0.147. The summed E-state index contributed by atoms with van der Waals surface area (Å²) in [4.78, 5) is 24.1. The van der Waals surface area contributed by atoms with Crippen LogP contribution in [0.3, 0.4) is 0 Å². The van der Waals surface area contributed by atoms with Gasteiger partial charge in [-0.25, -0.2) is 9.97 Å². The maximum Gasteiger partial charge on any atom is 0.255 e. The zero-order valence-corrected chi connectivity index (χ0v) is 22.9. The molecule has 1 aliphatic rings. The standard InChI is InChI=1S/C34H29N5O3/c40-34(24-10-8-23(9-11-24)21-39-16-18-41-19-17-39)38-26-14-12-25(13-15-26)37-32-20-30(35-22-36-32)29-6-3-5-28-27-4-1-2-7-31(27)42-33(28)29/h1-15,20,22H,16-19,21H2,(H,38,40)(H,35,36,37). The van der Waals surface area contributed by atoms with Crippen molar-refractivity contribution in [1.29, 1.82) is 0 Å². The summed E-state index contributed by atoms with van der Waals surface area (Å²) in [6.07, 6.45) is 1.54. The van der Waals surface area contributed by atoms with Gasteiger partial charge < -0.3 is 19.8 Å². The Morgan fingerprint density at radius 3 is 2.40 bits per heavy atom. The highest BCUT2D eigenvalue weighted by atomic mass is 16.5. The number of amides is 1. The molecular formula is C34H29N5O3. The van der Waals surface area contributed by atoms with E-state index in [9.17, 15) is 4.79 Å². The summed E-state index contributed by atoms with van der Waals surface area (Å²) in [5, 5.41) is 8.45. The van der Waals surface area contributed by atoms with Crippen LogP contribution in [0, 0.1) is 0 Å². The highest BCUT2D eigenvalue weighted by Crippen LogP contribution is 2.35. The molecular weight excluding hydrogens is 526 g/mol. The lowest BCUT2D eigenvalue weighted by Crippen LogP contribution is -2.35. The minimum Gasteiger partial charge on any atom is -0.455 e. The number of ether oxygens (including phenoxy) is 1. The van der Waals surface area contributed by atoms with Crippen molar-refractivity contribution in [1.82, 2.24) is 14.9 Å². The molecule has 6 aromatic rings. The molecule has 1 fully saturated rings. The first-order chi connectivity index (χ1) is 20.7. The SMILES string of the molecule is O=C(Nc1ccc(Nc2cc(-c3cccc4c3oc3ccccc34)ncn2)cc1)c1ccc(CN2CCOCC2)cc1. The maximum atomic E-state index is 12.8. The summed E-state index contributed by atoms with van der Waals surface area (Å²) in [6.45, 7) is 4.28. The Morgan fingerprint density at radius 1 is 0.810 bits per heavy atom. The van der Waals surface area contributed by atoms with Gasteiger partial charge in [-0.2, -0.15) is 0 Å². The van der Waals surface area contributed by atoms with Crippen molar-refractivity contribution in [3.05, 3.63) is 115 Å². The number of morpholine rings is 1. The molecule has 0 spiro atoms. The minimum atomic E-state index is -0.145. The number of nitrogens with zero attached hydrogens (tertiary/aromatic N) is 3. The number of anilines is 3. The predicted octanol–water partition coefficient (Wildman–Crippen LogP) is 6.87. The second-order valence-electron chi connectivity index (χ2n) is 10.3. The van der Waals surface area contributed by atoms with E-state index in [1.165, 1.54) is 5.56 Å². The van der Waals surface area contributed by atoms with Gasteiger partial charge in [-0.05, 0) is 54.1 Å². The van der Waals surface area contributed by atoms with Crippen LogP contribution in [0.2, 0.25) is 0 Å². The molecule has 1 amide bonds. The van der Waals surface area contributed by atoms with E-state index >= 15 is 0 Å². The molecule has 208 valence electrons. The van der Waals surface area contributed by atoms with Gasteiger partial charge in [0.25, 0.3) is 5.91 Å². The summed E-state index contributed by atoms with van der Waals surface area (Å²) in [5.41, 5.74) is 6.67. The van der Waals surface area contributed by atoms with Gasteiger partial charge in [0.2, 0.25) is 0 Å². The molecule has 42 heavy (non-hydrogen) atoms. The molecule has 0 atom stereocenters. The van der Waals surface area contributed by atoms with E-state index in [1.807, 2.05) is 84.9 Å². The van der Waals surface area contributed by atoms with Crippen molar-refractivity contribution >= 4 is 45.0 Å². The third kappa shape index (κ3) is 5.45. The first-order valence-electron chi connectivity index (χ1n) is 14.0. The number of nitrogens with one attached hydrogen (secondary N) is 2. The van der Waals surface area contributed by atoms with Crippen LogP contribution < -0.4 is 10.6 Å². The quantitative estimate of drug-likeness (QED) is 0.222. The fourth-order valence-corrected chi connectivity index (χ4v) is 5.29. The molecule has 0 aliphatic carbocycles. The average Bonchev–Trinajstić information content (AvgIpc) is 3.42. The predicted molar refractivity (Wildman–Crippen MR) is 165 cm³/mol. The van der Waals surface area contributed by atoms with Crippen molar-refractivity contribution in [2.75, 3.05) is 36.9 Å². The molecule has 2 N–H and O–H groups in total. The molecule has 1 saturated heterocycles. The summed E-state index contributed by atoms with van der Waals surface area (Å²) in [5.74, 6) is 0.510. The van der Waals surface area contributed by atoms with Gasteiger partial charge in [-0.15, -0.1) is 0 Å². The number of hydrogen-bond acceptors (Lipinski definition) is 7. The van der Waals surface area contributed by atoms with Crippen LogP contribution >= 0.6 is 0 Å². The Morgan fingerprint density at radius 2 is 1.57 bits per heavy atom. The molecule has 0 saturated carbocycles. The summed E-state index contributed by atoms with van der Waals surface area (Å²) < 4.78 is 11.6. The number of furan rings is 1. The van der Waals surface area contributed by atoms with Crippen LogP contribution in [0.25, 0.3) is 33.2 Å². The van der Waals surface area contributed by atoms with Crippen LogP contribution in [0.5, 0.6) is 0 Å². The summed E-state index contributed by atoms with van der Waals surface area (Å²) in [6, 6.07) is 31.3. The Hall–Kier alpha value is -5.05. The van der Waals surface area contributed by atoms with Crippen molar-refractivity contribution < 1.29 is 13.9 Å². The van der Waals surface area contributed by atoms with Crippen molar-refractivity contribution in [3.63, 3.8) is 0 Å². The van der Waals surface area contributed by atoms with Gasteiger partial charge >= 0.3 is 0 Å². The molecule has 3 heterocycles. The molecule has 8 heteroatoms. The van der Waals surface area contributed by atoms with E-state index in [2.05, 4.69) is 37.6 Å². The third-order valence-corrected chi connectivity index (χ3v) is 7.49. The molecule has 8 nitrogen and oxygen atoms in total. The van der Waals surface area contributed by atoms with Gasteiger partial charge in [0.05, 0.1) is 18.9 Å². The second-order valence-corrected chi connectivity index (χ2v) is 10.3. The number of carbonyl (C=O) groups is 1. The maximum absolute atomic E-state index is 12.8. The van der Waals surface area contributed by atoms with E-state index in [0.717, 1.165) is 71.7 Å². The van der Waals surface area contributed by atoms with E-state index in [-0.39, 0.29) is 5.91 Å². The van der Waals surface area contributed by atoms with Gasteiger partial charge in [-0.1, -0.05) is 42.5 Å². The molecule has 2 aromatic heterocycles. The molecule has 4 aromatic carbocycles. The topological polar surface area (TPSA) is 92.5 Å². The van der Waals surface area contributed by atoms with Gasteiger partial charge in [0, 0.05) is 59.0 Å². The average molecular weight is 556 g/mol. The molecule has 1 aliphatic heterocycles. The Balaban J connectivity index is 1.02. The highest BCUT2D eigenvalue weighted by molar-refractivity contribution is 6.09. The zero-order valence-electron chi connectivity index (χ0n) is 22.9. The molecule has 7 rings (SSSR count). The van der Waals surface area contributed by atoms with Crippen molar-refractivity contribution in [2.24, 2.45) is 0 Å². The smallest absolute Gasteiger partial charge is 0.255 e. The van der Waals surface area contributed by atoms with Crippen molar-refractivity contribution in [2.45, 2.75) is 6.54 Å². The minimum absolute atomic E-state index is 0.145. The number of fused-ring (bicyclic) bond motifs is 3. The fourth-order valence-electron chi connectivity index (χ4n) is 5.29. The first-order valence-corrected chi connectivity index (χ1v) is 14.0.